The van der Waals surface area contributed by atoms with Crippen molar-refractivity contribution in [1.82, 2.24) is 0 Å². The highest BCUT2D eigenvalue weighted by Crippen LogP contribution is 2.64. The molecule has 3 aliphatic carbocycles. The maximum Gasteiger partial charge on any atom is 0.239 e. The van der Waals surface area contributed by atoms with E-state index in [0.29, 0.717) is 5.69 Å². The van der Waals surface area contributed by atoms with Crippen LogP contribution < -0.4 is 4.90 Å². The first-order chi connectivity index (χ1) is 15.0. The summed E-state index contributed by atoms with van der Waals surface area (Å²) in [5.74, 6) is -2.11. The Bertz CT molecular complexity index is 1260. The topological polar surface area (TPSA) is 54.5 Å². The largest absolute Gasteiger partial charge is 0.299 e. The molecule has 0 aromatic heterocycles. The number of Topliss-reactive ketones (excluding diaryl/α,β-unsaturated/α-hetero) is 1. The van der Waals surface area contributed by atoms with Gasteiger partial charge in [-0.15, -0.1) is 0 Å². The second-order valence-corrected chi connectivity index (χ2v) is 8.82. The second kappa shape index (κ2) is 6.01. The van der Waals surface area contributed by atoms with E-state index >= 15 is 0 Å². The average Bonchev–Trinajstić information content (AvgIpc) is 3.05. The number of carbonyl (C=O) groups is 3. The van der Waals surface area contributed by atoms with Crippen LogP contribution in [0.3, 0.4) is 0 Å². The summed E-state index contributed by atoms with van der Waals surface area (Å²) in [4.78, 5) is 42.7. The van der Waals surface area contributed by atoms with Crippen LogP contribution in [0.5, 0.6) is 0 Å². The molecule has 3 aromatic carbocycles. The summed E-state index contributed by atoms with van der Waals surface area (Å²) in [6, 6.07) is 23.1. The van der Waals surface area contributed by atoms with Crippen LogP contribution in [-0.2, 0) is 19.8 Å². The number of para-hydroxylation sites is 1. The first kappa shape index (κ1) is 18.3. The molecule has 3 aromatic rings. The Morgan fingerprint density at radius 1 is 0.806 bits per heavy atom. The number of carbonyl (C=O) groups excluding carboxylic acids is 3. The quantitative estimate of drug-likeness (QED) is 0.600. The smallest absolute Gasteiger partial charge is 0.239 e. The van der Waals surface area contributed by atoms with E-state index < -0.39 is 17.3 Å². The van der Waals surface area contributed by atoms with Gasteiger partial charge in [0.05, 0.1) is 22.9 Å². The highest BCUT2D eigenvalue weighted by atomic mass is 16.2. The summed E-state index contributed by atoms with van der Waals surface area (Å²) in [6.45, 7) is 3.46. The zero-order valence-electron chi connectivity index (χ0n) is 17.3. The van der Waals surface area contributed by atoms with Crippen molar-refractivity contribution in [2.45, 2.75) is 25.2 Å². The first-order valence-electron chi connectivity index (χ1n) is 10.6. The third-order valence-corrected chi connectivity index (χ3v) is 7.53. The van der Waals surface area contributed by atoms with Crippen LogP contribution >= 0.6 is 0 Å². The predicted molar refractivity (Wildman–Crippen MR) is 117 cm³/mol. The van der Waals surface area contributed by atoms with E-state index in [2.05, 4.69) is 0 Å². The fourth-order valence-electron chi connectivity index (χ4n) is 6.42. The Morgan fingerprint density at radius 3 is 1.94 bits per heavy atom. The Morgan fingerprint density at radius 2 is 1.35 bits per heavy atom. The molecule has 0 spiro atoms. The molecule has 1 aliphatic heterocycles. The molecule has 2 bridgehead atoms. The summed E-state index contributed by atoms with van der Waals surface area (Å²) >= 11 is 0. The van der Waals surface area contributed by atoms with Gasteiger partial charge >= 0.3 is 0 Å². The van der Waals surface area contributed by atoms with Crippen LogP contribution in [0.2, 0.25) is 0 Å². The molecule has 0 radical (unpaired) electrons. The number of imide groups is 1. The van der Waals surface area contributed by atoms with Crippen molar-refractivity contribution in [1.29, 1.82) is 0 Å². The minimum atomic E-state index is -1.14. The molecule has 2 atom stereocenters. The van der Waals surface area contributed by atoms with Gasteiger partial charge in [-0.05, 0) is 47.7 Å². The molecule has 0 unspecified atom stereocenters. The third kappa shape index (κ3) is 1.98. The van der Waals surface area contributed by atoms with Crippen molar-refractivity contribution < 1.29 is 14.4 Å². The third-order valence-electron chi connectivity index (χ3n) is 7.53. The molecule has 0 N–H and O–H groups in total. The van der Waals surface area contributed by atoms with Crippen molar-refractivity contribution in [3.8, 4) is 0 Å². The van der Waals surface area contributed by atoms with Crippen molar-refractivity contribution in [2.75, 3.05) is 4.90 Å². The summed E-state index contributed by atoms with van der Waals surface area (Å²) < 4.78 is 0. The van der Waals surface area contributed by atoms with Gasteiger partial charge in [-0.3, -0.25) is 14.4 Å². The van der Waals surface area contributed by atoms with Gasteiger partial charge in [0.25, 0.3) is 0 Å². The Hall–Kier alpha value is -3.53. The van der Waals surface area contributed by atoms with Gasteiger partial charge in [0.1, 0.15) is 5.78 Å². The molecule has 0 saturated carbocycles. The number of hydrogen-bond donors (Lipinski definition) is 0. The van der Waals surface area contributed by atoms with Crippen molar-refractivity contribution in [3.63, 3.8) is 0 Å². The number of hydrogen-bond acceptors (Lipinski definition) is 3. The molecule has 4 heteroatoms. The summed E-state index contributed by atoms with van der Waals surface area (Å²) in [7, 11) is 0. The van der Waals surface area contributed by atoms with E-state index in [0.717, 1.165) is 27.8 Å². The van der Waals surface area contributed by atoms with Crippen LogP contribution in [0.4, 0.5) is 5.69 Å². The Balaban J connectivity index is 1.69. The maximum absolute atomic E-state index is 14.0. The number of benzene rings is 3. The van der Waals surface area contributed by atoms with Crippen LogP contribution in [0.15, 0.2) is 72.8 Å². The zero-order valence-corrected chi connectivity index (χ0v) is 17.3. The van der Waals surface area contributed by atoms with Gasteiger partial charge in [-0.1, -0.05) is 66.7 Å². The molecular weight excluding hydrogens is 386 g/mol. The molecule has 4 aliphatic rings. The van der Waals surface area contributed by atoms with Gasteiger partial charge in [-0.2, -0.15) is 0 Å². The van der Waals surface area contributed by atoms with Crippen LogP contribution in [0, 0.1) is 18.8 Å². The summed E-state index contributed by atoms with van der Waals surface area (Å²) in [6.07, 6.45) is 0. The molecule has 1 fully saturated rings. The minimum absolute atomic E-state index is 0.0895. The van der Waals surface area contributed by atoms with Gasteiger partial charge < -0.3 is 0 Å². The number of ketones is 1. The highest BCUT2D eigenvalue weighted by Gasteiger charge is 2.70. The van der Waals surface area contributed by atoms with Gasteiger partial charge in [0.2, 0.25) is 11.8 Å². The zero-order chi connectivity index (χ0) is 21.5. The number of nitrogens with zero attached hydrogens (tertiary/aromatic N) is 1. The van der Waals surface area contributed by atoms with E-state index in [1.54, 1.807) is 6.92 Å². The lowest BCUT2D eigenvalue weighted by Gasteiger charge is -2.52. The van der Waals surface area contributed by atoms with Gasteiger partial charge in [0.15, 0.2) is 0 Å². The van der Waals surface area contributed by atoms with Crippen LogP contribution in [0.25, 0.3) is 0 Å². The number of amides is 2. The standard InChI is InChI=1S/C27H21NO3/c1-15-9-3-8-14-21(15)28-25(30)23-22-17-10-4-6-12-19(17)27(16(2)29,24(23)26(28)31)20-13-7-5-11-18(20)22/h3-14,22-24H,1-2H3/t22?,23-,24+,27?/m1/s1. The number of anilines is 1. The molecule has 7 rings (SSSR count). The molecule has 4 nitrogen and oxygen atoms in total. The minimum Gasteiger partial charge on any atom is -0.299 e. The van der Waals surface area contributed by atoms with Crippen LogP contribution in [0.1, 0.15) is 40.7 Å². The molecule has 1 saturated heterocycles. The lowest BCUT2D eigenvalue weighted by molar-refractivity contribution is -0.132. The molecule has 2 amide bonds. The predicted octanol–water partition coefficient (Wildman–Crippen LogP) is 4.13. The van der Waals surface area contributed by atoms with Crippen molar-refractivity contribution in [2.24, 2.45) is 11.8 Å². The van der Waals surface area contributed by atoms with Gasteiger partial charge in [-0.25, -0.2) is 4.90 Å². The lowest BCUT2D eigenvalue weighted by atomic mass is 9.46. The van der Waals surface area contributed by atoms with Crippen molar-refractivity contribution in [3.05, 3.63) is 101 Å². The summed E-state index contributed by atoms with van der Waals surface area (Å²) in [5, 5.41) is 0. The second-order valence-electron chi connectivity index (χ2n) is 8.82. The molecule has 31 heavy (non-hydrogen) atoms. The van der Waals surface area contributed by atoms with E-state index in [1.165, 1.54) is 4.90 Å². The van der Waals surface area contributed by atoms with E-state index in [1.807, 2.05) is 79.7 Å². The maximum atomic E-state index is 14.0. The normalized spacial score (nSPS) is 27.7. The molecular formula is C27H21NO3. The van der Waals surface area contributed by atoms with Crippen LogP contribution in [-0.4, -0.2) is 17.6 Å². The average molecular weight is 407 g/mol. The molecule has 1 heterocycles. The van der Waals surface area contributed by atoms with E-state index in [9.17, 15) is 14.4 Å². The van der Waals surface area contributed by atoms with E-state index in [4.69, 9.17) is 0 Å². The van der Waals surface area contributed by atoms with Crippen molar-refractivity contribution >= 4 is 23.3 Å². The highest BCUT2D eigenvalue weighted by molar-refractivity contribution is 6.25. The fourth-order valence-corrected chi connectivity index (χ4v) is 6.42. The monoisotopic (exact) mass is 407 g/mol. The summed E-state index contributed by atoms with van der Waals surface area (Å²) in [5.41, 5.74) is 4.06. The Kier molecular flexibility index (Phi) is 3.54. The Labute approximate surface area is 180 Å². The van der Waals surface area contributed by atoms with E-state index in [-0.39, 0.29) is 23.5 Å². The lowest BCUT2D eigenvalue weighted by Crippen LogP contribution is -2.57. The first-order valence-corrected chi connectivity index (χ1v) is 10.6. The molecule has 152 valence electrons. The SMILES string of the molecule is CC(=O)C12c3ccccc3C(c3ccccc31)[C@H]1C(=O)N(c3ccccc3C)C(=O)[C@H]12. The van der Waals surface area contributed by atoms with Gasteiger partial charge in [0, 0.05) is 5.92 Å². The fraction of sp³-hybridized carbons (Fsp3) is 0.222. The number of rotatable bonds is 2. The number of aryl methyl sites for hydroxylation is 1.